The zero-order valence-corrected chi connectivity index (χ0v) is 13.3. The van der Waals surface area contributed by atoms with Crippen LogP contribution in [0.25, 0.3) is 0 Å². The zero-order valence-electron chi connectivity index (χ0n) is 13.3. The minimum Gasteiger partial charge on any atom is -0.493 e. The second-order valence-corrected chi connectivity index (χ2v) is 6.05. The molecule has 1 aliphatic carbocycles. The molecule has 1 saturated carbocycles. The molecule has 0 aromatic heterocycles. The first-order valence-corrected chi connectivity index (χ1v) is 7.98. The average Bonchev–Trinajstić information content (AvgIpc) is 2.49. The smallest absolute Gasteiger partial charge is 0.192 e. The summed E-state index contributed by atoms with van der Waals surface area (Å²) in [5.41, 5.74) is 0.622. The monoisotopic (exact) mass is 290 g/mol. The summed E-state index contributed by atoms with van der Waals surface area (Å²) in [6, 6.07) is 7.39. The van der Waals surface area contributed by atoms with Crippen molar-refractivity contribution in [2.45, 2.75) is 46.1 Å². The molecule has 116 valence electrons. The van der Waals surface area contributed by atoms with Gasteiger partial charge in [0, 0.05) is 0 Å². The minimum atomic E-state index is 0.00493. The first kappa shape index (κ1) is 16.0. The predicted octanol–water partition coefficient (Wildman–Crippen LogP) is 4.11. The lowest BCUT2D eigenvalue weighted by Gasteiger charge is -2.31. The third kappa shape index (κ3) is 4.31. The molecule has 3 unspecified atom stereocenters. The van der Waals surface area contributed by atoms with Crippen molar-refractivity contribution in [1.29, 1.82) is 0 Å². The van der Waals surface area contributed by atoms with Gasteiger partial charge in [0.1, 0.15) is 12.4 Å². The highest BCUT2D eigenvalue weighted by Crippen LogP contribution is 2.31. The molecule has 0 saturated heterocycles. The summed E-state index contributed by atoms with van der Waals surface area (Å²) >= 11 is 0. The van der Waals surface area contributed by atoms with Gasteiger partial charge in [-0.05, 0) is 50.2 Å². The van der Waals surface area contributed by atoms with Crippen LogP contribution >= 0.6 is 0 Å². The number of rotatable bonds is 6. The number of carbonyl (C=O) groups excluding carboxylic acids is 1. The predicted molar refractivity (Wildman–Crippen MR) is 83.9 cm³/mol. The molecule has 0 spiro atoms. The Balaban J connectivity index is 1.90. The van der Waals surface area contributed by atoms with Gasteiger partial charge < -0.3 is 9.47 Å². The van der Waals surface area contributed by atoms with Crippen LogP contribution in [-0.2, 0) is 4.74 Å². The molecule has 1 aromatic rings. The van der Waals surface area contributed by atoms with Gasteiger partial charge in [0.25, 0.3) is 0 Å². The van der Waals surface area contributed by atoms with E-state index in [1.165, 1.54) is 6.42 Å². The Morgan fingerprint density at radius 2 is 1.95 bits per heavy atom. The van der Waals surface area contributed by atoms with E-state index in [9.17, 15) is 4.79 Å². The Labute approximate surface area is 127 Å². The van der Waals surface area contributed by atoms with Gasteiger partial charge in [0.2, 0.25) is 0 Å². The fraction of sp³-hybridized carbons (Fsp3) is 0.611. The van der Waals surface area contributed by atoms with Gasteiger partial charge in [-0.15, -0.1) is 0 Å². The number of hydrogen-bond donors (Lipinski definition) is 0. The first-order valence-electron chi connectivity index (χ1n) is 7.98. The van der Waals surface area contributed by atoms with Crippen molar-refractivity contribution >= 4 is 5.78 Å². The maximum atomic E-state index is 12.3. The Bertz CT molecular complexity index is 469. The highest BCUT2D eigenvalue weighted by molar-refractivity contribution is 5.99. The molecule has 3 atom stereocenters. The van der Waals surface area contributed by atoms with E-state index in [-0.39, 0.29) is 18.5 Å². The summed E-state index contributed by atoms with van der Waals surface area (Å²) in [4.78, 5) is 12.3. The molecule has 0 N–H and O–H groups in total. The van der Waals surface area contributed by atoms with E-state index in [2.05, 4.69) is 13.8 Å². The fourth-order valence-corrected chi connectivity index (χ4v) is 2.90. The van der Waals surface area contributed by atoms with Gasteiger partial charge in [0.15, 0.2) is 5.78 Å². The van der Waals surface area contributed by atoms with Crippen molar-refractivity contribution in [1.82, 2.24) is 0 Å². The normalized spacial score (nSPS) is 25.6. The summed E-state index contributed by atoms with van der Waals surface area (Å²) in [6.45, 7) is 7.19. The van der Waals surface area contributed by atoms with Crippen LogP contribution in [0, 0.1) is 11.8 Å². The van der Waals surface area contributed by atoms with Crippen LogP contribution in [0.2, 0.25) is 0 Å². The molecule has 0 heterocycles. The van der Waals surface area contributed by atoms with Gasteiger partial charge in [-0.2, -0.15) is 0 Å². The molecule has 1 aliphatic rings. The van der Waals surface area contributed by atoms with E-state index in [1.54, 1.807) is 0 Å². The van der Waals surface area contributed by atoms with Crippen LogP contribution in [0.1, 0.15) is 50.4 Å². The van der Waals surface area contributed by atoms with E-state index < -0.39 is 0 Å². The second-order valence-electron chi connectivity index (χ2n) is 6.05. The number of hydrogen-bond acceptors (Lipinski definition) is 3. The number of ether oxygens (including phenoxy) is 2. The molecule has 0 radical (unpaired) electrons. The third-order valence-corrected chi connectivity index (χ3v) is 4.49. The summed E-state index contributed by atoms with van der Waals surface area (Å²) < 4.78 is 11.4. The molecule has 3 nitrogen and oxygen atoms in total. The standard InChI is InChI=1S/C18H26O3/c1-4-20-18-8-6-5-7-16(18)17(19)12-21-15-10-9-13(2)14(3)11-15/h5-8,13-15H,4,9-12H2,1-3H3. The Morgan fingerprint density at radius 3 is 2.67 bits per heavy atom. The second kappa shape index (κ2) is 7.60. The molecule has 21 heavy (non-hydrogen) atoms. The van der Waals surface area contributed by atoms with E-state index in [0.29, 0.717) is 23.8 Å². The Kier molecular flexibility index (Phi) is 5.80. The van der Waals surface area contributed by atoms with E-state index in [1.807, 2.05) is 31.2 Å². The molecule has 1 aromatic carbocycles. The van der Waals surface area contributed by atoms with Crippen molar-refractivity contribution in [3.8, 4) is 5.75 Å². The number of carbonyl (C=O) groups is 1. The van der Waals surface area contributed by atoms with Crippen molar-refractivity contribution < 1.29 is 14.3 Å². The molecule has 0 bridgehead atoms. The maximum absolute atomic E-state index is 12.3. The Morgan fingerprint density at radius 1 is 1.19 bits per heavy atom. The highest BCUT2D eigenvalue weighted by Gasteiger charge is 2.25. The quantitative estimate of drug-likeness (QED) is 0.740. The van der Waals surface area contributed by atoms with Gasteiger partial charge in [-0.25, -0.2) is 0 Å². The van der Waals surface area contributed by atoms with Crippen LogP contribution in [-0.4, -0.2) is 25.1 Å². The number of benzene rings is 1. The van der Waals surface area contributed by atoms with Crippen LogP contribution < -0.4 is 4.74 Å². The summed E-state index contributed by atoms with van der Waals surface area (Å²) in [7, 11) is 0. The maximum Gasteiger partial charge on any atom is 0.192 e. The van der Waals surface area contributed by atoms with Gasteiger partial charge in [-0.3, -0.25) is 4.79 Å². The van der Waals surface area contributed by atoms with Crippen LogP contribution in [0.5, 0.6) is 5.75 Å². The molecule has 2 rings (SSSR count). The molecule has 0 aliphatic heterocycles. The summed E-state index contributed by atoms with van der Waals surface area (Å²) in [5.74, 6) is 2.10. The molecule has 1 fully saturated rings. The topological polar surface area (TPSA) is 35.5 Å². The van der Waals surface area contributed by atoms with E-state index in [0.717, 1.165) is 18.8 Å². The molecule has 0 amide bonds. The van der Waals surface area contributed by atoms with Crippen molar-refractivity contribution in [3.63, 3.8) is 0 Å². The van der Waals surface area contributed by atoms with Crippen LogP contribution in [0.4, 0.5) is 0 Å². The highest BCUT2D eigenvalue weighted by atomic mass is 16.5. The number of Topliss-reactive ketones (excluding diaryl/α,β-unsaturated/α-hetero) is 1. The van der Waals surface area contributed by atoms with Crippen molar-refractivity contribution in [3.05, 3.63) is 29.8 Å². The minimum absolute atomic E-state index is 0.00493. The van der Waals surface area contributed by atoms with Gasteiger partial charge in [0.05, 0.1) is 18.3 Å². The first-order chi connectivity index (χ1) is 10.1. The average molecular weight is 290 g/mol. The van der Waals surface area contributed by atoms with E-state index in [4.69, 9.17) is 9.47 Å². The molecule has 3 heteroatoms. The third-order valence-electron chi connectivity index (χ3n) is 4.49. The van der Waals surface area contributed by atoms with Crippen LogP contribution in [0.15, 0.2) is 24.3 Å². The lowest BCUT2D eigenvalue weighted by atomic mass is 9.80. The Hall–Kier alpha value is -1.35. The van der Waals surface area contributed by atoms with Crippen molar-refractivity contribution in [2.75, 3.05) is 13.2 Å². The largest absolute Gasteiger partial charge is 0.493 e. The lowest BCUT2D eigenvalue weighted by Crippen LogP contribution is -2.28. The molecular weight excluding hydrogens is 264 g/mol. The van der Waals surface area contributed by atoms with Crippen molar-refractivity contribution in [2.24, 2.45) is 11.8 Å². The fourth-order valence-electron chi connectivity index (χ4n) is 2.90. The lowest BCUT2D eigenvalue weighted by molar-refractivity contribution is 0.00697. The number of ketones is 1. The SMILES string of the molecule is CCOc1ccccc1C(=O)COC1CCC(C)C(C)C1. The number of para-hydroxylation sites is 1. The summed E-state index contributed by atoms with van der Waals surface area (Å²) in [6.07, 6.45) is 3.53. The molecular formula is C18H26O3. The van der Waals surface area contributed by atoms with Crippen LogP contribution in [0.3, 0.4) is 0 Å². The van der Waals surface area contributed by atoms with Gasteiger partial charge >= 0.3 is 0 Å². The summed E-state index contributed by atoms with van der Waals surface area (Å²) in [5, 5.41) is 0. The zero-order chi connectivity index (χ0) is 15.2. The van der Waals surface area contributed by atoms with Gasteiger partial charge in [-0.1, -0.05) is 26.0 Å². The van der Waals surface area contributed by atoms with E-state index >= 15 is 0 Å².